The molecule has 0 bridgehead atoms. The number of carbonyl (C=O) groups excluding carboxylic acids is 1. The van der Waals surface area contributed by atoms with Crippen molar-refractivity contribution in [2.24, 2.45) is 0 Å². The van der Waals surface area contributed by atoms with Gasteiger partial charge in [-0.15, -0.1) is 0 Å². The molecule has 1 aliphatic rings. The van der Waals surface area contributed by atoms with Crippen LogP contribution in [0.4, 0.5) is 16.2 Å². The molecule has 0 heterocycles. The number of hydrogen-bond acceptors (Lipinski definition) is 3. The minimum absolute atomic E-state index is 0.180. The van der Waals surface area contributed by atoms with E-state index in [1.54, 1.807) is 23.1 Å². The molecule has 4 rings (SSSR count). The van der Waals surface area contributed by atoms with Gasteiger partial charge in [-0.3, -0.25) is 4.79 Å². The van der Waals surface area contributed by atoms with Crippen LogP contribution in [-0.4, -0.2) is 28.6 Å². The molecule has 6 nitrogen and oxygen atoms in total. The molecule has 3 aromatic rings. The van der Waals surface area contributed by atoms with Gasteiger partial charge in [0.25, 0.3) is 5.91 Å². The lowest BCUT2D eigenvalue weighted by Gasteiger charge is -2.27. The van der Waals surface area contributed by atoms with Gasteiger partial charge in [-0.05, 0) is 66.6 Å². The minimum Gasteiger partial charge on any atom is -0.465 e. The average molecular weight is 430 g/mol. The second-order valence-corrected chi connectivity index (χ2v) is 8.07. The number of nitrogens with zero attached hydrogens (tertiary/aromatic N) is 1. The van der Waals surface area contributed by atoms with Crippen LogP contribution < -0.4 is 11.1 Å². The normalized spacial score (nSPS) is 14.6. The maximum absolute atomic E-state index is 12.7. The molecule has 6 heteroatoms. The predicted octanol–water partition coefficient (Wildman–Crippen LogP) is 5.12. The Labute approximate surface area is 187 Å². The van der Waals surface area contributed by atoms with E-state index in [1.807, 2.05) is 42.5 Å². The summed E-state index contributed by atoms with van der Waals surface area (Å²) < 4.78 is 0. The van der Waals surface area contributed by atoms with Crippen LogP contribution in [0.1, 0.15) is 45.9 Å². The van der Waals surface area contributed by atoms with E-state index in [0.717, 1.165) is 36.8 Å². The van der Waals surface area contributed by atoms with Crippen molar-refractivity contribution in [3.05, 3.63) is 95.1 Å². The van der Waals surface area contributed by atoms with Gasteiger partial charge >= 0.3 is 6.09 Å². The van der Waals surface area contributed by atoms with Crippen molar-refractivity contribution in [3.8, 4) is 0 Å². The molecule has 0 radical (unpaired) electrons. The third kappa shape index (κ3) is 4.75. The molecule has 0 aliphatic heterocycles. The predicted molar refractivity (Wildman–Crippen MR) is 126 cm³/mol. The summed E-state index contributed by atoms with van der Waals surface area (Å²) in [5.74, 6) is -0.230. The highest BCUT2D eigenvalue weighted by Crippen LogP contribution is 2.36. The van der Waals surface area contributed by atoms with E-state index in [0.29, 0.717) is 23.5 Å². The molecule has 1 atom stereocenters. The van der Waals surface area contributed by atoms with Gasteiger partial charge in [0.15, 0.2) is 0 Å². The molecule has 0 spiro atoms. The summed E-state index contributed by atoms with van der Waals surface area (Å²) in [5.41, 5.74) is 10.8. The molecule has 0 aromatic heterocycles. The van der Waals surface area contributed by atoms with E-state index in [-0.39, 0.29) is 11.9 Å². The van der Waals surface area contributed by atoms with Crippen LogP contribution in [0.5, 0.6) is 0 Å². The number of anilines is 2. The van der Waals surface area contributed by atoms with Crippen LogP contribution in [0.25, 0.3) is 0 Å². The number of hydrogen-bond donors (Lipinski definition) is 3. The molecule has 2 amide bonds. The van der Waals surface area contributed by atoms with Gasteiger partial charge < -0.3 is 21.1 Å². The van der Waals surface area contributed by atoms with Crippen molar-refractivity contribution in [3.63, 3.8) is 0 Å². The van der Waals surface area contributed by atoms with E-state index in [9.17, 15) is 14.7 Å². The largest absolute Gasteiger partial charge is 0.465 e. The number of nitrogens with two attached hydrogens (primary N) is 1. The van der Waals surface area contributed by atoms with Gasteiger partial charge in [0.2, 0.25) is 0 Å². The lowest BCUT2D eigenvalue weighted by molar-refractivity contribution is 0.102. The van der Waals surface area contributed by atoms with Crippen molar-refractivity contribution in [1.82, 2.24) is 4.90 Å². The lowest BCUT2D eigenvalue weighted by atomic mass is 10.0. The summed E-state index contributed by atoms with van der Waals surface area (Å²) in [5, 5.41) is 12.7. The molecule has 0 saturated carbocycles. The fourth-order valence-electron chi connectivity index (χ4n) is 4.35. The number of benzene rings is 3. The lowest BCUT2D eigenvalue weighted by Crippen LogP contribution is -2.33. The molecule has 32 heavy (non-hydrogen) atoms. The van der Waals surface area contributed by atoms with E-state index in [1.165, 1.54) is 5.56 Å². The Hall–Kier alpha value is -3.80. The molecular weight excluding hydrogens is 402 g/mol. The molecule has 4 N–H and O–H groups in total. The highest BCUT2D eigenvalue weighted by molar-refractivity contribution is 6.05. The monoisotopic (exact) mass is 429 g/mol. The highest BCUT2D eigenvalue weighted by atomic mass is 16.4. The first-order valence-electron chi connectivity index (χ1n) is 10.8. The van der Waals surface area contributed by atoms with Crippen molar-refractivity contribution in [2.45, 2.75) is 31.7 Å². The van der Waals surface area contributed by atoms with Crippen molar-refractivity contribution in [2.75, 3.05) is 17.6 Å². The first-order valence-corrected chi connectivity index (χ1v) is 10.8. The number of nitrogens with one attached hydrogen (secondary N) is 1. The Balaban J connectivity index is 1.44. The number of rotatable bonds is 7. The summed E-state index contributed by atoms with van der Waals surface area (Å²) in [6.07, 6.45) is 2.17. The summed E-state index contributed by atoms with van der Waals surface area (Å²) in [6.45, 7) is 0.476. The van der Waals surface area contributed by atoms with Crippen LogP contribution >= 0.6 is 0 Å². The van der Waals surface area contributed by atoms with Crippen LogP contribution in [0.2, 0.25) is 0 Å². The Bertz CT molecular complexity index is 1110. The fourth-order valence-corrected chi connectivity index (χ4v) is 4.35. The standard InChI is InChI=1S/C26H27N3O3/c27-22-10-4-5-11-23(22)28-25(30)20-12-14-21-19(17-20)13-15-24(21)29(26(31)32)16-6-9-18-7-2-1-3-8-18/h1-5,7-8,10-12,14,17,24H,6,9,13,15-16,27H2,(H,28,30)(H,31,32). The van der Waals surface area contributed by atoms with Gasteiger partial charge in [-0.1, -0.05) is 48.5 Å². The molecule has 3 aromatic carbocycles. The third-order valence-electron chi connectivity index (χ3n) is 5.99. The second kappa shape index (κ2) is 9.56. The zero-order chi connectivity index (χ0) is 22.5. The van der Waals surface area contributed by atoms with E-state index in [2.05, 4.69) is 17.4 Å². The first-order chi connectivity index (χ1) is 15.5. The van der Waals surface area contributed by atoms with E-state index < -0.39 is 6.09 Å². The SMILES string of the molecule is Nc1ccccc1NC(=O)c1ccc2c(c1)CCC2N(CCCc1ccccc1)C(=O)O. The Kier molecular flexibility index (Phi) is 6.40. The topological polar surface area (TPSA) is 95.7 Å². The number of nitrogen functional groups attached to an aromatic ring is 1. The number of carbonyl (C=O) groups is 2. The van der Waals surface area contributed by atoms with Gasteiger partial charge in [-0.2, -0.15) is 0 Å². The number of aryl methyl sites for hydroxylation is 2. The number of fused-ring (bicyclic) bond motifs is 1. The number of amides is 2. The molecular formula is C26H27N3O3. The maximum Gasteiger partial charge on any atom is 0.407 e. The van der Waals surface area contributed by atoms with Crippen molar-refractivity contribution >= 4 is 23.4 Å². The second-order valence-electron chi connectivity index (χ2n) is 8.07. The van der Waals surface area contributed by atoms with Gasteiger partial charge in [-0.25, -0.2) is 4.79 Å². The van der Waals surface area contributed by atoms with Gasteiger partial charge in [0, 0.05) is 12.1 Å². The summed E-state index contributed by atoms with van der Waals surface area (Å²) in [7, 11) is 0. The Morgan fingerprint density at radius 3 is 2.53 bits per heavy atom. The quantitative estimate of drug-likeness (QED) is 0.454. The highest BCUT2D eigenvalue weighted by Gasteiger charge is 2.31. The summed E-state index contributed by atoms with van der Waals surface area (Å²) >= 11 is 0. The van der Waals surface area contributed by atoms with Crippen molar-refractivity contribution < 1.29 is 14.7 Å². The average Bonchev–Trinajstić information content (AvgIpc) is 3.21. The smallest absolute Gasteiger partial charge is 0.407 e. The van der Waals surface area contributed by atoms with E-state index in [4.69, 9.17) is 5.73 Å². The Morgan fingerprint density at radius 2 is 1.78 bits per heavy atom. The van der Waals surface area contributed by atoms with Gasteiger partial charge in [0.1, 0.15) is 0 Å². The van der Waals surface area contributed by atoms with Crippen LogP contribution in [-0.2, 0) is 12.8 Å². The summed E-state index contributed by atoms with van der Waals surface area (Å²) in [6, 6.07) is 22.6. The van der Waals surface area contributed by atoms with Gasteiger partial charge in [0.05, 0.1) is 17.4 Å². The fraction of sp³-hybridized carbons (Fsp3) is 0.231. The third-order valence-corrected chi connectivity index (χ3v) is 5.99. The Morgan fingerprint density at radius 1 is 1.03 bits per heavy atom. The summed E-state index contributed by atoms with van der Waals surface area (Å²) in [4.78, 5) is 26.2. The number of para-hydroxylation sites is 2. The first kappa shape index (κ1) is 21.4. The zero-order valence-corrected chi connectivity index (χ0v) is 17.8. The van der Waals surface area contributed by atoms with Crippen LogP contribution in [0.15, 0.2) is 72.8 Å². The minimum atomic E-state index is -0.905. The molecule has 1 aliphatic carbocycles. The number of carboxylic acid groups (broad SMARTS) is 1. The van der Waals surface area contributed by atoms with Crippen molar-refractivity contribution in [1.29, 1.82) is 0 Å². The molecule has 164 valence electrons. The molecule has 0 fully saturated rings. The molecule has 1 unspecified atom stereocenters. The molecule has 0 saturated heterocycles. The maximum atomic E-state index is 12.7. The van der Waals surface area contributed by atoms with E-state index >= 15 is 0 Å². The zero-order valence-electron chi connectivity index (χ0n) is 17.8. The van der Waals surface area contributed by atoms with Crippen LogP contribution in [0.3, 0.4) is 0 Å². The van der Waals surface area contributed by atoms with Crippen LogP contribution in [0, 0.1) is 0 Å².